The van der Waals surface area contributed by atoms with E-state index in [1.54, 1.807) is 0 Å². The van der Waals surface area contributed by atoms with Crippen molar-refractivity contribution in [2.45, 2.75) is 25.7 Å². The number of nitrogens with zero attached hydrogens (tertiary/aromatic N) is 1. The second-order valence-corrected chi connectivity index (χ2v) is 5.82. The molecule has 3 rings (SSSR count). The SMILES string of the molecule is c1cc(N2CCCC2)ccc1NCC1CCNCC1. The minimum Gasteiger partial charge on any atom is -0.385 e. The van der Waals surface area contributed by atoms with Crippen molar-refractivity contribution < 1.29 is 0 Å². The summed E-state index contributed by atoms with van der Waals surface area (Å²) in [6.07, 6.45) is 5.29. The largest absolute Gasteiger partial charge is 0.385 e. The lowest BCUT2D eigenvalue weighted by molar-refractivity contribution is 0.390. The van der Waals surface area contributed by atoms with Crippen molar-refractivity contribution in [1.82, 2.24) is 5.32 Å². The Bertz CT molecular complexity index is 375. The molecule has 0 aliphatic carbocycles. The molecule has 0 spiro atoms. The maximum absolute atomic E-state index is 3.59. The molecule has 2 aliphatic rings. The fourth-order valence-corrected chi connectivity index (χ4v) is 3.11. The third-order valence-corrected chi connectivity index (χ3v) is 4.39. The van der Waals surface area contributed by atoms with E-state index >= 15 is 0 Å². The topological polar surface area (TPSA) is 27.3 Å². The predicted molar refractivity (Wildman–Crippen MR) is 82.0 cm³/mol. The van der Waals surface area contributed by atoms with Gasteiger partial charge in [0.25, 0.3) is 0 Å². The van der Waals surface area contributed by atoms with Crippen LogP contribution in [0, 0.1) is 5.92 Å². The molecule has 0 aromatic heterocycles. The van der Waals surface area contributed by atoms with Crippen LogP contribution in [0.25, 0.3) is 0 Å². The van der Waals surface area contributed by atoms with Crippen LogP contribution in [0.15, 0.2) is 24.3 Å². The molecule has 104 valence electrons. The Morgan fingerprint density at radius 2 is 1.74 bits per heavy atom. The van der Waals surface area contributed by atoms with Gasteiger partial charge in [-0.2, -0.15) is 0 Å². The van der Waals surface area contributed by atoms with Gasteiger partial charge in [-0.25, -0.2) is 0 Å². The first kappa shape index (κ1) is 12.8. The van der Waals surface area contributed by atoms with Crippen molar-refractivity contribution in [2.75, 3.05) is 42.9 Å². The number of hydrogen-bond acceptors (Lipinski definition) is 3. The summed E-state index contributed by atoms with van der Waals surface area (Å²) in [4.78, 5) is 2.48. The summed E-state index contributed by atoms with van der Waals surface area (Å²) in [5.74, 6) is 0.833. The van der Waals surface area contributed by atoms with Gasteiger partial charge in [-0.15, -0.1) is 0 Å². The molecule has 2 fully saturated rings. The number of piperidine rings is 1. The van der Waals surface area contributed by atoms with E-state index in [-0.39, 0.29) is 0 Å². The highest BCUT2D eigenvalue weighted by Crippen LogP contribution is 2.22. The van der Waals surface area contributed by atoms with Crippen LogP contribution in [-0.4, -0.2) is 32.7 Å². The highest BCUT2D eigenvalue weighted by atomic mass is 15.1. The zero-order valence-electron chi connectivity index (χ0n) is 11.7. The van der Waals surface area contributed by atoms with E-state index in [1.807, 2.05) is 0 Å². The van der Waals surface area contributed by atoms with Crippen LogP contribution >= 0.6 is 0 Å². The molecular formula is C16H25N3. The Kier molecular flexibility index (Phi) is 4.23. The highest BCUT2D eigenvalue weighted by Gasteiger charge is 2.13. The van der Waals surface area contributed by atoms with E-state index in [2.05, 4.69) is 39.8 Å². The van der Waals surface area contributed by atoms with E-state index in [1.165, 1.54) is 63.2 Å². The molecule has 0 radical (unpaired) electrons. The molecule has 3 nitrogen and oxygen atoms in total. The van der Waals surface area contributed by atoms with E-state index in [4.69, 9.17) is 0 Å². The van der Waals surface area contributed by atoms with Gasteiger partial charge in [-0.1, -0.05) is 0 Å². The number of hydrogen-bond donors (Lipinski definition) is 2. The minimum absolute atomic E-state index is 0.833. The summed E-state index contributed by atoms with van der Waals surface area (Å²) >= 11 is 0. The van der Waals surface area contributed by atoms with Gasteiger partial charge in [0.1, 0.15) is 0 Å². The van der Waals surface area contributed by atoms with E-state index in [9.17, 15) is 0 Å². The summed E-state index contributed by atoms with van der Waals surface area (Å²) in [5.41, 5.74) is 2.64. The van der Waals surface area contributed by atoms with E-state index in [0.29, 0.717) is 0 Å². The lowest BCUT2D eigenvalue weighted by Gasteiger charge is -2.23. The molecule has 0 bridgehead atoms. The van der Waals surface area contributed by atoms with Gasteiger partial charge in [0.2, 0.25) is 0 Å². The van der Waals surface area contributed by atoms with E-state index in [0.717, 1.165) is 12.5 Å². The van der Waals surface area contributed by atoms with Crippen LogP contribution in [0.2, 0.25) is 0 Å². The molecule has 1 aromatic rings. The monoisotopic (exact) mass is 259 g/mol. The first-order chi connectivity index (χ1) is 9.42. The lowest BCUT2D eigenvalue weighted by atomic mass is 9.98. The van der Waals surface area contributed by atoms with Crippen LogP contribution in [-0.2, 0) is 0 Å². The molecule has 0 atom stereocenters. The van der Waals surface area contributed by atoms with Crippen LogP contribution in [0.4, 0.5) is 11.4 Å². The second-order valence-electron chi connectivity index (χ2n) is 5.82. The minimum atomic E-state index is 0.833. The van der Waals surface area contributed by atoms with Gasteiger partial charge < -0.3 is 15.5 Å². The van der Waals surface area contributed by atoms with Gasteiger partial charge in [-0.05, 0) is 69.0 Å². The molecule has 0 amide bonds. The number of nitrogens with one attached hydrogen (secondary N) is 2. The normalized spacial score (nSPS) is 20.7. The Labute approximate surface area is 116 Å². The summed E-state index contributed by atoms with van der Waals surface area (Å²) in [5, 5.41) is 7.00. The zero-order valence-corrected chi connectivity index (χ0v) is 11.7. The Morgan fingerprint density at radius 3 is 2.42 bits per heavy atom. The highest BCUT2D eigenvalue weighted by molar-refractivity contribution is 5.55. The van der Waals surface area contributed by atoms with Crippen molar-refractivity contribution >= 4 is 11.4 Å². The van der Waals surface area contributed by atoms with Gasteiger partial charge in [0.15, 0.2) is 0 Å². The number of benzene rings is 1. The maximum Gasteiger partial charge on any atom is 0.0367 e. The average molecular weight is 259 g/mol. The summed E-state index contributed by atoms with van der Waals surface area (Å²) in [6, 6.07) is 8.98. The smallest absolute Gasteiger partial charge is 0.0367 e. The fraction of sp³-hybridized carbons (Fsp3) is 0.625. The predicted octanol–water partition coefficient (Wildman–Crippen LogP) is 2.70. The van der Waals surface area contributed by atoms with Crippen molar-refractivity contribution in [3.8, 4) is 0 Å². The first-order valence-corrected chi connectivity index (χ1v) is 7.71. The first-order valence-electron chi connectivity index (χ1n) is 7.71. The molecule has 3 heteroatoms. The molecule has 2 aliphatic heterocycles. The second kappa shape index (κ2) is 6.29. The van der Waals surface area contributed by atoms with Crippen LogP contribution in [0.1, 0.15) is 25.7 Å². The van der Waals surface area contributed by atoms with Gasteiger partial charge in [0, 0.05) is 31.0 Å². The molecule has 2 saturated heterocycles. The van der Waals surface area contributed by atoms with Crippen molar-refractivity contribution in [1.29, 1.82) is 0 Å². The number of rotatable bonds is 4. The Balaban J connectivity index is 1.50. The van der Waals surface area contributed by atoms with Crippen LogP contribution in [0.5, 0.6) is 0 Å². The summed E-state index contributed by atoms with van der Waals surface area (Å²) in [6.45, 7) is 5.93. The van der Waals surface area contributed by atoms with Gasteiger partial charge in [0.05, 0.1) is 0 Å². The molecule has 2 heterocycles. The summed E-state index contributed by atoms with van der Waals surface area (Å²) < 4.78 is 0. The van der Waals surface area contributed by atoms with Crippen molar-refractivity contribution in [3.05, 3.63) is 24.3 Å². The average Bonchev–Trinajstić information content (AvgIpc) is 3.01. The zero-order chi connectivity index (χ0) is 12.9. The third kappa shape index (κ3) is 3.41. The molecular weight excluding hydrogens is 234 g/mol. The van der Waals surface area contributed by atoms with Gasteiger partial charge in [-0.3, -0.25) is 0 Å². The van der Waals surface area contributed by atoms with E-state index < -0.39 is 0 Å². The third-order valence-electron chi connectivity index (χ3n) is 4.39. The fourth-order valence-electron chi connectivity index (χ4n) is 3.11. The molecule has 19 heavy (non-hydrogen) atoms. The molecule has 0 unspecified atom stereocenters. The maximum atomic E-state index is 3.59. The summed E-state index contributed by atoms with van der Waals surface area (Å²) in [7, 11) is 0. The molecule has 2 N–H and O–H groups in total. The quantitative estimate of drug-likeness (QED) is 0.870. The Morgan fingerprint density at radius 1 is 1.05 bits per heavy atom. The standard InChI is InChI=1S/C16H25N3/c1-2-12-19(11-1)16-5-3-15(4-6-16)18-13-14-7-9-17-10-8-14/h3-6,14,17-18H,1-2,7-13H2. The van der Waals surface area contributed by atoms with Crippen LogP contribution < -0.4 is 15.5 Å². The molecule has 0 saturated carbocycles. The van der Waals surface area contributed by atoms with Crippen molar-refractivity contribution in [3.63, 3.8) is 0 Å². The molecule has 1 aromatic carbocycles. The number of anilines is 2. The van der Waals surface area contributed by atoms with Crippen LogP contribution in [0.3, 0.4) is 0 Å². The lowest BCUT2D eigenvalue weighted by Crippen LogP contribution is -2.31. The Hall–Kier alpha value is -1.22. The van der Waals surface area contributed by atoms with Gasteiger partial charge >= 0.3 is 0 Å². The van der Waals surface area contributed by atoms with Crippen molar-refractivity contribution in [2.24, 2.45) is 5.92 Å².